The lowest BCUT2D eigenvalue weighted by atomic mass is 10.1. The van der Waals surface area contributed by atoms with Crippen LogP contribution in [-0.4, -0.2) is 24.1 Å². The van der Waals surface area contributed by atoms with Crippen molar-refractivity contribution in [2.24, 2.45) is 0 Å². The van der Waals surface area contributed by atoms with Crippen molar-refractivity contribution in [1.82, 2.24) is 0 Å². The van der Waals surface area contributed by atoms with Crippen molar-refractivity contribution < 1.29 is 19.1 Å². The van der Waals surface area contributed by atoms with Gasteiger partial charge in [-0.05, 0) is 20.3 Å². The van der Waals surface area contributed by atoms with Gasteiger partial charge in [-0.25, -0.2) is 0 Å². The molecule has 13 heavy (non-hydrogen) atoms. The number of ether oxygens (including phenoxy) is 2. The number of unbranched alkanes of at least 4 members (excludes halogenated alkanes) is 1. The molecule has 0 aliphatic carbocycles. The van der Waals surface area contributed by atoms with E-state index in [1.807, 2.05) is 0 Å². The Bertz CT molecular complexity index is 202. The van der Waals surface area contributed by atoms with Gasteiger partial charge in [0.25, 0.3) is 0 Å². The van der Waals surface area contributed by atoms with Crippen LogP contribution in [0.2, 0.25) is 0 Å². The van der Waals surface area contributed by atoms with E-state index in [0.29, 0.717) is 25.5 Å². The average Bonchev–Trinajstić information content (AvgIpc) is 2.01. The van der Waals surface area contributed by atoms with Gasteiger partial charge >= 0.3 is 0 Å². The van der Waals surface area contributed by atoms with Crippen LogP contribution in [0.5, 0.6) is 0 Å². The maximum absolute atomic E-state index is 10.7. The molecule has 0 bridgehead atoms. The first-order valence-electron chi connectivity index (χ1n) is 4.34. The van der Waals surface area contributed by atoms with E-state index in [4.69, 9.17) is 9.47 Å². The van der Waals surface area contributed by atoms with Gasteiger partial charge in [-0.1, -0.05) is 0 Å². The number of rotatable bonds is 5. The van der Waals surface area contributed by atoms with Crippen molar-refractivity contribution >= 4 is 12.6 Å². The topological polar surface area (TPSA) is 52.6 Å². The molecule has 0 aromatic rings. The minimum absolute atomic E-state index is 0.433. The van der Waals surface area contributed by atoms with Crippen LogP contribution in [-0.2, 0) is 19.1 Å². The summed E-state index contributed by atoms with van der Waals surface area (Å²) in [6.07, 6.45) is 2.96. The van der Waals surface area contributed by atoms with E-state index in [1.165, 1.54) is 0 Å². The van der Waals surface area contributed by atoms with Crippen molar-refractivity contribution in [1.29, 1.82) is 0 Å². The molecule has 0 saturated carbocycles. The zero-order chi connectivity index (χ0) is 9.95. The molecule has 0 radical (unpaired) electrons. The molecule has 1 aliphatic heterocycles. The second kappa shape index (κ2) is 3.55. The van der Waals surface area contributed by atoms with Crippen molar-refractivity contribution in [3.63, 3.8) is 0 Å². The van der Waals surface area contributed by atoms with Gasteiger partial charge in [0.05, 0.1) is 0 Å². The highest BCUT2D eigenvalue weighted by Crippen LogP contribution is 2.39. The summed E-state index contributed by atoms with van der Waals surface area (Å²) in [6.45, 7) is 3.49. The van der Waals surface area contributed by atoms with E-state index < -0.39 is 11.6 Å². The Balaban J connectivity index is 2.37. The summed E-state index contributed by atoms with van der Waals surface area (Å²) in [5, 5.41) is 0. The largest absolute Gasteiger partial charge is 0.312 e. The Hall–Kier alpha value is -0.740. The van der Waals surface area contributed by atoms with Crippen molar-refractivity contribution in [3.05, 3.63) is 0 Å². The third-order valence-electron chi connectivity index (χ3n) is 1.86. The summed E-state index contributed by atoms with van der Waals surface area (Å²) in [7, 11) is 0. The van der Waals surface area contributed by atoms with Crippen LogP contribution in [0, 0.1) is 0 Å². The highest BCUT2D eigenvalue weighted by molar-refractivity contribution is 5.61. The maximum atomic E-state index is 10.7. The molecular weight excluding hydrogens is 172 g/mol. The second-order valence-corrected chi connectivity index (χ2v) is 3.59. The summed E-state index contributed by atoms with van der Waals surface area (Å²) in [5.41, 5.74) is 0. The highest BCUT2D eigenvalue weighted by atomic mass is 16.9. The van der Waals surface area contributed by atoms with Gasteiger partial charge in [-0.15, -0.1) is 0 Å². The van der Waals surface area contributed by atoms with E-state index in [0.717, 1.165) is 6.29 Å². The van der Waals surface area contributed by atoms with Crippen LogP contribution in [0.1, 0.15) is 33.1 Å². The highest BCUT2D eigenvalue weighted by Gasteiger charge is 2.51. The van der Waals surface area contributed by atoms with Crippen LogP contribution < -0.4 is 0 Å². The molecule has 1 fully saturated rings. The Morgan fingerprint density at radius 1 is 1.23 bits per heavy atom. The van der Waals surface area contributed by atoms with E-state index >= 15 is 0 Å². The summed E-state index contributed by atoms with van der Waals surface area (Å²) >= 11 is 0. The smallest absolute Gasteiger partial charge is 0.230 e. The molecule has 0 aromatic carbocycles. The SMILES string of the molecule is CC1(C)OC(C=O)(CCCC=O)O1. The number of carbonyl (C=O) groups is 2. The van der Waals surface area contributed by atoms with Gasteiger partial charge in [-0.2, -0.15) is 0 Å². The van der Waals surface area contributed by atoms with Gasteiger partial charge in [-0.3, -0.25) is 4.79 Å². The molecule has 1 rings (SSSR count). The quantitative estimate of drug-likeness (QED) is 0.475. The first kappa shape index (κ1) is 10.3. The number of aldehydes is 2. The molecule has 0 unspecified atom stereocenters. The van der Waals surface area contributed by atoms with Gasteiger partial charge in [0.15, 0.2) is 12.1 Å². The van der Waals surface area contributed by atoms with Crippen LogP contribution in [0.3, 0.4) is 0 Å². The van der Waals surface area contributed by atoms with Crippen molar-refractivity contribution in [2.75, 3.05) is 0 Å². The molecule has 1 heterocycles. The van der Waals surface area contributed by atoms with Gasteiger partial charge < -0.3 is 14.3 Å². The molecule has 1 aliphatic rings. The molecule has 74 valence electrons. The van der Waals surface area contributed by atoms with Crippen LogP contribution >= 0.6 is 0 Å². The first-order valence-corrected chi connectivity index (χ1v) is 4.34. The van der Waals surface area contributed by atoms with Gasteiger partial charge in [0, 0.05) is 12.8 Å². The number of hydrogen-bond donors (Lipinski definition) is 0. The lowest BCUT2D eigenvalue weighted by Gasteiger charge is -2.49. The Kier molecular flexibility index (Phi) is 2.83. The Morgan fingerprint density at radius 3 is 2.23 bits per heavy atom. The molecule has 4 nitrogen and oxygen atoms in total. The monoisotopic (exact) mass is 186 g/mol. The average molecular weight is 186 g/mol. The summed E-state index contributed by atoms with van der Waals surface area (Å²) in [5.74, 6) is -1.76. The van der Waals surface area contributed by atoms with Crippen LogP contribution in [0.25, 0.3) is 0 Å². The lowest BCUT2D eigenvalue weighted by Crippen LogP contribution is -2.60. The maximum Gasteiger partial charge on any atom is 0.230 e. The molecular formula is C9H14O4. The van der Waals surface area contributed by atoms with Gasteiger partial charge in [0.1, 0.15) is 6.29 Å². The third kappa shape index (κ3) is 2.35. The normalized spacial score (nSPS) is 23.2. The van der Waals surface area contributed by atoms with E-state index in [-0.39, 0.29) is 0 Å². The van der Waals surface area contributed by atoms with E-state index in [1.54, 1.807) is 13.8 Å². The third-order valence-corrected chi connectivity index (χ3v) is 1.86. The zero-order valence-electron chi connectivity index (χ0n) is 7.91. The molecule has 1 saturated heterocycles. The predicted octanol–water partition coefficient (Wildman–Crippen LogP) is 1.03. The molecule has 0 atom stereocenters. The first-order chi connectivity index (χ1) is 6.04. The lowest BCUT2D eigenvalue weighted by molar-refractivity contribution is -0.473. The summed E-state index contributed by atoms with van der Waals surface area (Å²) < 4.78 is 10.6. The standard InChI is InChI=1S/C9H14O4/c1-8(2)12-9(7-11,13-8)5-3-4-6-10/h6-7H,3-5H2,1-2H3. The van der Waals surface area contributed by atoms with E-state index in [9.17, 15) is 9.59 Å². The molecule has 0 spiro atoms. The number of carbonyl (C=O) groups excluding carboxylic acids is 2. The number of hydrogen-bond acceptors (Lipinski definition) is 4. The fourth-order valence-corrected chi connectivity index (χ4v) is 1.48. The summed E-state index contributed by atoms with van der Waals surface area (Å²) in [4.78, 5) is 20.7. The fourth-order valence-electron chi connectivity index (χ4n) is 1.48. The summed E-state index contributed by atoms with van der Waals surface area (Å²) in [6, 6.07) is 0. The molecule has 0 N–H and O–H groups in total. The van der Waals surface area contributed by atoms with E-state index in [2.05, 4.69) is 0 Å². The predicted molar refractivity (Wildman–Crippen MR) is 45.0 cm³/mol. The molecule has 4 heteroatoms. The van der Waals surface area contributed by atoms with Crippen LogP contribution in [0.15, 0.2) is 0 Å². The van der Waals surface area contributed by atoms with Gasteiger partial charge in [0.2, 0.25) is 5.79 Å². The fraction of sp³-hybridized carbons (Fsp3) is 0.778. The minimum atomic E-state index is -1.09. The van der Waals surface area contributed by atoms with Crippen molar-refractivity contribution in [3.8, 4) is 0 Å². The minimum Gasteiger partial charge on any atom is -0.312 e. The second-order valence-electron chi connectivity index (χ2n) is 3.59. The Morgan fingerprint density at radius 2 is 1.85 bits per heavy atom. The van der Waals surface area contributed by atoms with Crippen molar-refractivity contribution in [2.45, 2.75) is 44.7 Å². The molecule has 0 aromatic heterocycles. The Labute approximate surface area is 77.2 Å². The molecule has 0 amide bonds. The zero-order valence-corrected chi connectivity index (χ0v) is 7.91. The van der Waals surface area contributed by atoms with Crippen LogP contribution in [0.4, 0.5) is 0 Å².